The van der Waals surface area contributed by atoms with Crippen LogP contribution in [0.4, 0.5) is 29.5 Å². The van der Waals surface area contributed by atoms with Crippen molar-refractivity contribution >= 4 is 28.1 Å². The number of urea groups is 1. The van der Waals surface area contributed by atoms with Gasteiger partial charge < -0.3 is 20.3 Å². The summed E-state index contributed by atoms with van der Waals surface area (Å²) in [6, 6.07) is 10.4. The van der Waals surface area contributed by atoms with Crippen LogP contribution in [0.5, 0.6) is 0 Å². The van der Waals surface area contributed by atoms with Gasteiger partial charge in [0, 0.05) is 30.4 Å². The number of hydrogen-bond donors (Lipinski definition) is 4. The van der Waals surface area contributed by atoms with Crippen molar-refractivity contribution in [1.82, 2.24) is 15.3 Å². The first-order valence-corrected chi connectivity index (χ1v) is 14.4. The summed E-state index contributed by atoms with van der Waals surface area (Å²) in [7, 11) is -3.85. The lowest BCUT2D eigenvalue weighted by Gasteiger charge is -2.41. The average molecular weight is 578 g/mol. The lowest BCUT2D eigenvalue weighted by atomic mass is 10.1. The van der Waals surface area contributed by atoms with Gasteiger partial charge in [-0.25, -0.2) is 27.9 Å². The molecule has 4 N–H and O–H groups in total. The van der Waals surface area contributed by atoms with E-state index in [0.717, 1.165) is 18.2 Å². The zero-order valence-electron chi connectivity index (χ0n) is 21.7. The van der Waals surface area contributed by atoms with Gasteiger partial charge in [-0.15, -0.1) is 0 Å². The number of rotatable bonds is 8. The molecule has 1 atom stereocenters. The Morgan fingerprint density at radius 2 is 1.90 bits per heavy atom. The van der Waals surface area contributed by atoms with Crippen LogP contribution in [0, 0.1) is 11.6 Å². The summed E-state index contributed by atoms with van der Waals surface area (Å²) in [6.45, 7) is 2.72. The maximum atomic E-state index is 14.7. The summed E-state index contributed by atoms with van der Waals surface area (Å²) in [5.74, 6) is -0.835. The highest BCUT2D eigenvalue weighted by Gasteiger charge is 2.58. The molecule has 214 valence electrons. The number of benzene rings is 2. The molecule has 0 radical (unpaired) electrons. The molecule has 0 bridgehead atoms. The zero-order valence-corrected chi connectivity index (χ0v) is 22.6. The predicted molar refractivity (Wildman–Crippen MR) is 146 cm³/mol. The Labute approximate surface area is 231 Å². The van der Waals surface area contributed by atoms with Crippen molar-refractivity contribution in [3.05, 3.63) is 65.9 Å². The SMILES string of the molecule is C[C@H]1COCCN1c1cc(C2(S(O)(O)c3cc(F)ccc3F)CC2)nc(-c2ccc(NC(=O)NCCF)cc2)n1. The molecule has 0 spiro atoms. The number of carbonyl (C=O) groups is 1. The molecule has 13 heteroatoms. The lowest BCUT2D eigenvalue weighted by molar-refractivity contribution is 0.0985. The molecule has 1 saturated carbocycles. The first kappa shape index (κ1) is 28.1. The van der Waals surface area contributed by atoms with Crippen molar-refractivity contribution in [2.45, 2.75) is 35.4 Å². The molecule has 1 aliphatic heterocycles. The number of aromatic nitrogens is 2. The highest BCUT2D eigenvalue weighted by Crippen LogP contribution is 2.75. The monoisotopic (exact) mass is 577 g/mol. The van der Waals surface area contributed by atoms with Crippen LogP contribution in [-0.2, 0) is 9.48 Å². The molecule has 0 unspecified atom stereocenters. The van der Waals surface area contributed by atoms with E-state index in [4.69, 9.17) is 14.7 Å². The van der Waals surface area contributed by atoms with Crippen LogP contribution in [-0.4, -0.2) is 64.1 Å². The van der Waals surface area contributed by atoms with Crippen molar-refractivity contribution in [2.75, 3.05) is 43.2 Å². The van der Waals surface area contributed by atoms with E-state index in [-0.39, 0.29) is 12.6 Å². The van der Waals surface area contributed by atoms with Gasteiger partial charge in [-0.2, -0.15) is 10.6 Å². The molecular weight excluding hydrogens is 547 g/mol. The minimum Gasteiger partial charge on any atom is -0.377 e. The second kappa shape index (κ2) is 11.2. The number of carbonyl (C=O) groups excluding carboxylic acids is 1. The summed E-state index contributed by atoms with van der Waals surface area (Å²) in [5.41, 5.74) is 1.37. The van der Waals surface area contributed by atoms with Crippen molar-refractivity contribution < 1.29 is 31.8 Å². The third-order valence-corrected chi connectivity index (χ3v) is 9.70. The molecule has 2 amide bonds. The van der Waals surface area contributed by atoms with E-state index >= 15 is 0 Å². The highest BCUT2D eigenvalue weighted by molar-refractivity contribution is 8.25. The highest BCUT2D eigenvalue weighted by atomic mass is 32.3. The number of nitrogens with zero attached hydrogens (tertiary/aromatic N) is 3. The van der Waals surface area contributed by atoms with Gasteiger partial charge in [0.25, 0.3) is 0 Å². The zero-order chi connectivity index (χ0) is 28.5. The second-order valence-corrected chi connectivity index (χ2v) is 12.1. The van der Waals surface area contributed by atoms with Crippen LogP contribution in [0.3, 0.4) is 0 Å². The summed E-state index contributed by atoms with van der Waals surface area (Å²) < 4.78 is 68.1. The third kappa shape index (κ3) is 5.46. The molecule has 1 saturated heterocycles. The molecule has 2 aliphatic rings. The molecule has 2 fully saturated rings. The maximum absolute atomic E-state index is 14.7. The molecule has 1 aromatic heterocycles. The fourth-order valence-corrected chi connectivity index (χ4v) is 6.86. The van der Waals surface area contributed by atoms with Crippen LogP contribution >= 0.6 is 10.6 Å². The van der Waals surface area contributed by atoms with Crippen LogP contribution in [0.15, 0.2) is 53.4 Å². The number of alkyl halides is 1. The number of halogens is 3. The van der Waals surface area contributed by atoms with E-state index in [2.05, 4.69) is 10.6 Å². The van der Waals surface area contributed by atoms with Crippen LogP contribution in [0.1, 0.15) is 25.5 Å². The maximum Gasteiger partial charge on any atom is 0.319 e. The van der Waals surface area contributed by atoms with E-state index in [1.165, 1.54) is 0 Å². The Balaban J connectivity index is 1.54. The van der Waals surface area contributed by atoms with E-state index < -0.39 is 44.6 Å². The van der Waals surface area contributed by atoms with Gasteiger partial charge in [0.1, 0.15) is 28.9 Å². The molecule has 3 aromatic rings. The lowest BCUT2D eigenvalue weighted by Crippen LogP contribution is -2.44. The summed E-state index contributed by atoms with van der Waals surface area (Å²) in [6.07, 6.45) is 0.632. The van der Waals surface area contributed by atoms with Crippen molar-refractivity contribution in [2.24, 2.45) is 0 Å². The van der Waals surface area contributed by atoms with Crippen molar-refractivity contribution in [3.63, 3.8) is 0 Å². The van der Waals surface area contributed by atoms with Gasteiger partial charge in [-0.3, -0.25) is 9.11 Å². The van der Waals surface area contributed by atoms with Gasteiger partial charge in [-0.1, -0.05) is 0 Å². The topological polar surface area (TPSA) is 120 Å². The van der Waals surface area contributed by atoms with Crippen LogP contribution in [0.25, 0.3) is 11.4 Å². The van der Waals surface area contributed by atoms with E-state index in [0.29, 0.717) is 61.2 Å². The number of hydrogen-bond acceptors (Lipinski definition) is 7. The fourth-order valence-electron chi connectivity index (χ4n) is 4.76. The molecule has 2 aromatic carbocycles. The van der Waals surface area contributed by atoms with Gasteiger partial charge in [-0.05, 0) is 62.2 Å². The number of nitrogens with one attached hydrogen (secondary N) is 2. The van der Waals surface area contributed by atoms with Gasteiger partial charge >= 0.3 is 6.03 Å². The van der Waals surface area contributed by atoms with Crippen molar-refractivity contribution in [3.8, 4) is 11.4 Å². The minimum absolute atomic E-state index is 0.0186. The molecule has 1 aliphatic carbocycles. The standard InChI is InChI=1S/C27H30F3N5O4S/c1-17-16-39-13-12-35(17)24-15-23(27(8-9-27)40(37,38)22-14-19(29)4-7-21(22)30)33-25(34-24)18-2-5-20(6-3-18)32-26(36)31-11-10-28/h2-7,14-15,17,37-38H,8-13,16H2,1H3,(H2,31,32,36)/t17-/m0/s1. The Bertz CT molecular complexity index is 1390. The summed E-state index contributed by atoms with van der Waals surface area (Å²) in [5, 5.41) is 4.99. The second-order valence-electron chi connectivity index (χ2n) is 9.82. The van der Waals surface area contributed by atoms with Gasteiger partial charge in [0.05, 0.1) is 29.8 Å². The van der Waals surface area contributed by atoms with Crippen LogP contribution < -0.4 is 15.5 Å². The molecular formula is C27H30F3N5O4S. The van der Waals surface area contributed by atoms with Crippen LogP contribution in [0.2, 0.25) is 0 Å². The Hall–Kier alpha value is -3.39. The van der Waals surface area contributed by atoms with E-state index in [1.54, 1.807) is 30.3 Å². The molecule has 40 heavy (non-hydrogen) atoms. The van der Waals surface area contributed by atoms with Crippen molar-refractivity contribution in [1.29, 1.82) is 0 Å². The Kier molecular flexibility index (Phi) is 7.91. The van der Waals surface area contributed by atoms with Gasteiger partial charge in [0.2, 0.25) is 0 Å². The first-order chi connectivity index (χ1) is 19.1. The third-order valence-electron chi connectivity index (χ3n) is 7.07. The average Bonchev–Trinajstić information content (AvgIpc) is 3.77. The quantitative estimate of drug-likeness (QED) is 0.278. The number of anilines is 2. The largest absolute Gasteiger partial charge is 0.377 e. The minimum atomic E-state index is -3.85. The first-order valence-electron chi connectivity index (χ1n) is 12.8. The van der Waals surface area contributed by atoms with E-state index in [9.17, 15) is 27.1 Å². The smallest absolute Gasteiger partial charge is 0.319 e. The Morgan fingerprint density at radius 1 is 1.15 bits per heavy atom. The summed E-state index contributed by atoms with van der Waals surface area (Å²) >= 11 is 0. The number of morpholine rings is 1. The Morgan fingerprint density at radius 3 is 2.58 bits per heavy atom. The normalized spacial score (nSPS) is 18.8. The number of amides is 2. The fraction of sp³-hybridized carbons (Fsp3) is 0.370. The van der Waals surface area contributed by atoms with Gasteiger partial charge in [0.15, 0.2) is 5.82 Å². The predicted octanol–water partition coefficient (Wildman–Crippen LogP) is 5.54. The van der Waals surface area contributed by atoms with E-state index in [1.807, 2.05) is 11.8 Å². The summed E-state index contributed by atoms with van der Waals surface area (Å²) in [4.78, 5) is 22.9. The molecule has 5 rings (SSSR count). The molecule has 9 nitrogen and oxygen atoms in total. The number of ether oxygens (including phenoxy) is 1. The molecule has 2 heterocycles.